The van der Waals surface area contributed by atoms with E-state index in [1.54, 1.807) is 6.08 Å². The van der Waals surface area contributed by atoms with Crippen LogP contribution in [0.2, 0.25) is 0 Å². The maximum Gasteiger partial charge on any atom is 0.238 e. The van der Waals surface area contributed by atoms with Gasteiger partial charge in [-0.05, 0) is 37.1 Å². The van der Waals surface area contributed by atoms with Gasteiger partial charge in [0.15, 0.2) is 0 Å². The van der Waals surface area contributed by atoms with E-state index in [1.165, 1.54) is 0 Å². The van der Waals surface area contributed by atoms with Crippen LogP contribution in [0.4, 0.5) is 5.69 Å². The number of rotatable bonds is 5. The lowest BCUT2D eigenvalue weighted by Crippen LogP contribution is -2.28. The number of carbonyl (C=O) groups is 1. The quantitative estimate of drug-likeness (QED) is 0.586. The van der Waals surface area contributed by atoms with Crippen LogP contribution in [0.3, 0.4) is 0 Å². The number of nitrogens with one attached hydrogen (secondary N) is 2. The monoisotopic (exact) mass is 218 g/mol. The van der Waals surface area contributed by atoms with Gasteiger partial charge in [-0.15, -0.1) is 6.58 Å². The first kappa shape index (κ1) is 12.5. The average molecular weight is 218 g/mol. The van der Waals surface area contributed by atoms with Gasteiger partial charge in [-0.3, -0.25) is 4.79 Å². The molecule has 3 heteroatoms. The summed E-state index contributed by atoms with van der Waals surface area (Å²) in [5, 5.41) is 5.80. The molecule has 1 aromatic carbocycles. The fourth-order valence-corrected chi connectivity index (χ4v) is 1.54. The Kier molecular flexibility index (Phi) is 4.73. The molecule has 0 atom stereocenters. The molecule has 0 aliphatic heterocycles. The van der Waals surface area contributed by atoms with Crippen LogP contribution in [0.25, 0.3) is 0 Å². The number of hydrogen-bond donors (Lipinski definition) is 2. The fraction of sp³-hybridized carbons (Fsp3) is 0.308. The van der Waals surface area contributed by atoms with Crippen molar-refractivity contribution < 1.29 is 4.79 Å². The van der Waals surface area contributed by atoms with Crippen molar-refractivity contribution in [1.82, 2.24) is 5.32 Å². The number of benzene rings is 1. The minimum atomic E-state index is -0.0353. The number of anilines is 1. The van der Waals surface area contributed by atoms with Crippen LogP contribution in [0, 0.1) is 13.8 Å². The molecule has 1 aromatic rings. The highest BCUT2D eigenvalue weighted by atomic mass is 16.1. The Bertz CT molecular complexity index is 365. The lowest BCUT2D eigenvalue weighted by Gasteiger charge is -2.07. The molecule has 0 spiro atoms. The van der Waals surface area contributed by atoms with E-state index in [-0.39, 0.29) is 5.91 Å². The third-order valence-corrected chi connectivity index (χ3v) is 2.08. The third kappa shape index (κ3) is 4.28. The largest absolute Gasteiger partial charge is 0.325 e. The Hall–Kier alpha value is -1.61. The van der Waals surface area contributed by atoms with Crippen molar-refractivity contribution in [1.29, 1.82) is 0 Å². The van der Waals surface area contributed by atoms with Crippen LogP contribution in [-0.4, -0.2) is 19.0 Å². The van der Waals surface area contributed by atoms with Gasteiger partial charge in [0.1, 0.15) is 0 Å². The van der Waals surface area contributed by atoms with E-state index in [9.17, 15) is 4.79 Å². The van der Waals surface area contributed by atoms with E-state index in [0.717, 1.165) is 16.8 Å². The zero-order valence-corrected chi connectivity index (χ0v) is 9.84. The van der Waals surface area contributed by atoms with Crippen molar-refractivity contribution in [2.75, 3.05) is 18.4 Å². The van der Waals surface area contributed by atoms with Gasteiger partial charge in [0.05, 0.1) is 6.54 Å². The molecule has 2 N–H and O–H groups in total. The lowest BCUT2D eigenvalue weighted by molar-refractivity contribution is -0.115. The van der Waals surface area contributed by atoms with Crippen LogP contribution < -0.4 is 10.6 Å². The maximum atomic E-state index is 11.5. The van der Waals surface area contributed by atoms with E-state index < -0.39 is 0 Å². The van der Waals surface area contributed by atoms with Crippen LogP contribution in [0.5, 0.6) is 0 Å². The third-order valence-electron chi connectivity index (χ3n) is 2.08. The highest BCUT2D eigenvalue weighted by Gasteiger charge is 2.01. The second-order valence-electron chi connectivity index (χ2n) is 3.84. The van der Waals surface area contributed by atoms with E-state index in [1.807, 2.05) is 26.0 Å². The maximum absolute atomic E-state index is 11.5. The molecule has 0 bridgehead atoms. The molecule has 0 saturated heterocycles. The van der Waals surface area contributed by atoms with Gasteiger partial charge in [0.25, 0.3) is 0 Å². The Labute approximate surface area is 96.6 Å². The summed E-state index contributed by atoms with van der Waals surface area (Å²) >= 11 is 0. The standard InChI is InChI=1S/C13H18N2O/c1-4-5-14-9-13(16)15-12-7-10(2)6-11(3)8-12/h4,6-8,14H,1,5,9H2,2-3H3,(H,15,16). The van der Waals surface area contributed by atoms with Crippen molar-refractivity contribution in [3.63, 3.8) is 0 Å². The number of aryl methyl sites for hydroxylation is 2. The number of carbonyl (C=O) groups excluding carboxylic acids is 1. The minimum Gasteiger partial charge on any atom is -0.325 e. The SMILES string of the molecule is C=CCNCC(=O)Nc1cc(C)cc(C)c1. The van der Waals surface area contributed by atoms with Crippen molar-refractivity contribution in [2.45, 2.75) is 13.8 Å². The zero-order valence-electron chi connectivity index (χ0n) is 9.84. The van der Waals surface area contributed by atoms with Gasteiger partial charge in [0.2, 0.25) is 5.91 Å². The summed E-state index contributed by atoms with van der Waals surface area (Å²) in [6.45, 7) is 8.54. The molecular weight excluding hydrogens is 200 g/mol. The summed E-state index contributed by atoms with van der Waals surface area (Å²) in [7, 11) is 0. The van der Waals surface area contributed by atoms with Crippen molar-refractivity contribution in [3.05, 3.63) is 42.0 Å². The lowest BCUT2D eigenvalue weighted by atomic mass is 10.1. The van der Waals surface area contributed by atoms with Crippen LogP contribution in [0.1, 0.15) is 11.1 Å². The molecule has 0 aliphatic carbocycles. The molecule has 0 heterocycles. The van der Waals surface area contributed by atoms with Crippen LogP contribution in [-0.2, 0) is 4.79 Å². The Morgan fingerprint density at radius 1 is 1.31 bits per heavy atom. The second-order valence-corrected chi connectivity index (χ2v) is 3.84. The molecule has 0 radical (unpaired) electrons. The Morgan fingerprint density at radius 2 is 1.94 bits per heavy atom. The highest BCUT2D eigenvalue weighted by molar-refractivity contribution is 5.92. The molecule has 3 nitrogen and oxygen atoms in total. The van der Waals surface area contributed by atoms with Gasteiger partial charge in [-0.1, -0.05) is 12.1 Å². The first-order chi connectivity index (χ1) is 7.61. The van der Waals surface area contributed by atoms with Gasteiger partial charge in [-0.2, -0.15) is 0 Å². The van der Waals surface area contributed by atoms with E-state index in [4.69, 9.17) is 0 Å². The second kappa shape index (κ2) is 6.08. The van der Waals surface area contributed by atoms with E-state index >= 15 is 0 Å². The zero-order chi connectivity index (χ0) is 12.0. The summed E-state index contributed by atoms with van der Waals surface area (Å²) in [5.74, 6) is -0.0353. The molecule has 0 fully saturated rings. The Balaban J connectivity index is 2.52. The van der Waals surface area contributed by atoms with Gasteiger partial charge < -0.3 is 10.6 Å². The molecule has 1 rings (SSSR count). The van der Waals surface area contributed by atoms with Gasteiger partial charge in [0, 0.05) is 12.2 Å². The summed E-state index contributed by atoms with van der Waals surface area (Å²) in [4.78, 5) is 11.5. The average Bonchev–Trinajstić information content (AvgIpc) is 2.16. The Morgan fingerprint density at radius 3 is 2.50 bits per heavy atom. The summed E-state index contributed by atoms with van der Waals surface area (Å²) < 4.78 is 0. The first-order valence-electron chi connectivity index (χ1n) is 5.31. The molecule has 0 aliphatic rings. The molecular formula is C13H18N2O. The predicted molar refractivity (Wildman–Crippen MR) is 67.6 cm³/mol. The summed E-state index contributed by atoms with van der Waals surface area (Å²) in [5.41, 5.74) is 3.15. The van der Waals surface area contributed by atoms with Crippen molar-refractivity contribution in [3.8, 4) is 0 Å². The number of hydrogen-bond acceptors (Lipinski definition) is 2. The normalized spacial score (nSPS) is 9.88. The molecule has 0 unspecified atom stereocenters. The number of amides is 1. The topological polar surface area (TPSA) is 41.1 Å². The summed E-state index contributed by atoms with van der Waals surface area (Å²) in [6.07, 6.45) is 1.73. The molecule has 1 amide bonds. The van der Waals surface area contributed by atoms with Gasteiger partial charge >= 0.3 is 0 Å². The smallest absolute Gasteiger partial charge is 0.238 e. The van der Waals surface area contributed by atoms with E-state index in [0.29, 0.717) is 13.1 Å². The summed E-state index contributed by atoms with van der Waals surface area (Å²) in [6, 6.07) is 5.99. The van der Waals surface area contributed by atoms with Crippen LogP contribution >= 0.6 is 0 Å². The fourth-order valence-electron chi connectivity index (χ4n) is 1.54. The van der Waals surface area contributed by atoms with E-state index in [2.05, 4.69) is 23.3 Å². The highest BCUT2D eigenvalue weighted by Crippen LogP contribution is 2.13. The predicted octanol–water partition coefficient (Wildman–Crippen LogP) is 2.02. The van der Waals surface area contributed by atoms with Crippen LogP contribution in [0.15, 0.2) is 30.9 Å². The molecule has 0 aromatic heterocycles. The molecule has 0 saturated carbocycles. The van der Waals surface area contributed by atoms with Gasteiger partial charge in [-0.25, -0.2) is 0 Å². The first-order valence-corrected chi connectivity index (χ1v) is 5.31. The van der Waals surface area contributed by atoms with Crippen molar-refractivity contribution in [2.24, 2.45) is 0 Å². The van der Waals surface area contributed by atoms with Crippen molar-refractivity contribution >= 4 is 11.6 Å². The molecule has 86 valence electrons. The molecule has 16 heavy (non-hydrogen) atoms. The minimum absolute atomic E-state index is 0.0353.